The molecule has 6 heterocycles. The van der Waals surface area contributed by atoms with Gasteiger partial charge in [-0.3, -0.25) is 0 Å². The van der Waals surface area contributed by atoms with E-state index in [4.69, 9.17) is 12.8 Å². The van der Waals surface area contributed by atoms with Crippen LogP contribution in [0.4, 0.5) is 5.69 Å². The van der Waals surface area contributed by atoms with Gasteiger partial charge in [-0.2, -0.15) is 4.57 Å². The van der Waals surface area contributed by atoms with E-state index in [1.54, 1.807) is 57.1 Å². The zero-order chi connectivity index (χ0) is 93.5. The fourth-order valence-corrected chi connectivity index (χ4v) is 20.2. The Morgan fingerprint density at radius 2 is 0.684 bits per heavy atom. The Labute approximate surface area is 943 Å². The van der Waals surface area contributed by atoms with Crippen LogP contribution in [0.2, 0.25) is 0 Å². The van der Waals surface area contributed by atoms with Crippen molar-refractivity contribution in [2.45, 2.75) is 202 Å². The van der Waals surface area contributed by atoms with E-state index >= 15 is 0 Å². The van der Waals surface area contributed by atoms with Crippen molar-refractivity contribution in [3.8, 4) is 262 Å². The number of nitrogens with zero attached hydrogens (tertiary/aromatic N) is 6. The minimum absolute atomic E-state index is 0. The van der Waals surface area contributed by atoms with Gasteiger partial charge in [0.1, 0.15) is 14.1 Å². The third-order valence-corrected chi connectivity index (χ3v) is 27.4. The van der Waals surface area contributed by atoms with Gasteiger partial charge in [-0.05, 0) is 193 Å². The Bertz CT molecular complexity index is 7470. The molecule has 136 heavy (non-hydrogen) atoms. The smallest absolute Gasteiger partial charge is 0.298 e. The number of hydrogen-bond donors (Lipinski definition) is 0. The second-order valence-electron chi connectivity index (χ2n) is 28.5. The Morgan fingerprint density at radius 1 is 0.346 bits per heavy atom. The van der Waals surface area contributed by atoms with E-state index in [1.807, 2.05) is 119 Å². The van der Waals surface area contributed by atoms with Gasteiger partial charge in [0.15, 0.2) is 10.9 Å². The monoisotopic (exact) mass is 2220 g/mol. The third kappa shape index (κ3) is 45.0. The summed E-state index contributed by atoms with van der Waals surface area (Å²) in [6, 6.07) is 56.6. The molecular formula is C120H188I2N6S8. The molecule has 0 fully saturated rings. The van der Waals surface area contributed by atoms with Crippen molar-refractivity contribution in [3.63, 3.8) is 0 Å². The second kappa shape index (κ2) is 73.5. The topological polar surface area (TPSA) is 40.7 Å². The molecule has 760 valence electrons. The number of anilines is 1. The van der Waals surface area contributed by atoms with Crippen LogP contribution in [-0.4, -0.2) is 29.0 Å². The summed E-state index contributed by atoms with van der Waals surface area (Å²) in [5.41, 5.74) is 7.05. The molecule has 6 aromatic carbocycles. The van der Waals surface area contributed by atoms with E-state index in [1.165, 1.54) is 210 Å². The number of halogens is 2. The van der Waals surface area contributed by atoms with E-state index in [9.17, 15) is 0 Å². The standard InChI is InChI=1S/C51H39N2S2.C30H8NS.C22H36NS2.C8H7NS2.C8H7NS.CH3.2HI.44H2/c1-3-5-7-9-11-13-15-17-18-19-20-21-22-23-24-26-28-30-32-38-44-53-47-40-34-36-42-49(47)55-51(53)45-50-52(46-39-33-35-41-48(46)54-50)43-37-31-29-27-25-16-14-12-10-8-6-4-2;1-3-4-5-6-7-8-9-10-11-12-13-14-15-16-17-18-19-20-21-24-27-31-28(2)32-30-26-23-22-25-29(30)31;1-3-4-5-6-7-8-9-10-11-12-13-16-19-23-20-17-14-15-18-21(20)25-22(23)24-2;1-10-8-9-6-4-2-3-5-7(6)11-8;1-6-9-7-4-2-3-5-8(7)10-6;;;;;;;;;;;;;;;;;;;;;;;;;;;;;;;;;;;;;;;;;;;;;;;/h1,33-36,39-42,45H,4,6,8,10,12,14,16,25,27,29,31,37,43H2,2H3;1,22-23,25-26H,2H3;14-15,17-18H,3-13,16,19H2,1-2H3;2-5H,1H3;2-5H,1H3;1H3;46*1H/q3*+1;;;-1;;;;;;;;;;;;;;;;;;;;;;;;;;;;;;;;;;;;;;;;;;;;;;/p-2. The number of fused-ring (bicyclic) bond motifs is 6. The third-order valence-electron chi connectivity index (χ3n) is 18.9. The van der Waals surface area contributed by atoms with E-state index in [-0.39, 0.29) is 118 Å². The van der Waals surface area contributed by atoms with Gasteiger partial charge in [0.2, 0.25) is 28.6 Å². The molecule has 0 atom stereocenters. The molecule has 0 saturated heterocycles. The minimum atomic E-state index is 0. The molecule has 1 aliphatic heterocycles. The van der Waals surface area contributed by atoms with Crippen LogP contribution in [0, 0.1) is 283 Å². The van der Waals surface area contributed by atoms with Gasteiger partial charge in [0, 0.05) is 236 Å². The summed E-state index contributed by atoms with van der Waals surface area (Å²) in [4.78, 5) is 12.5. The molecule has 6 nitrogen and oxygen atoms in total. The average Bonchev–Trinajstić information content (AvgIpc) is 1.63. The molecule has 16 heteroatoms. The highest BCUT2D eigenvalue weighted by atomic mass is 127. The predicted molar refractivity (Wildman–Crippen MR) is 672 cm³/mol. The number of terminal acetylenes is 2. The first-order chi connectivity index (χ1) is 65.8. The van der Waals surface area contributed by atoms with Crippen LogP contribution in [0.5, 0.6) is 0 Å². The molecule has 0 unspecified atom stereocenters. The van der Waals surface area contributed by atoms with Crippen molar-refractivity contribution in [3.05, 3.63) is 173 Å². The maximum absolute atomic E-state index is 4.99. The van der Waals surface area contributed by atoms with Crippen LogP contribution in [0.1, 0.15) is 246 Å². The van der Waals surface area contributed by atoms with Gasteiger partial charge in [0.05, 0.1) is 54.1 Å². The second-order valence-corrected chi connectivity index (χ2v) is 37.2. The number of thioether (sulfide) groups is 3. The van der Waals surface area contributed by atoms with Crippen molar-refractivity contribution in [1.29, 1.82) is 0 Å². The molecule has 0 bridgehead atoms. The number of unbranched alkanes of at least 4 members (excludes halogenated alkanes) is 22. The zero-order valence-corrected chi connectivity index (χ0v) is 88.5. The lowest BCUT2D eigenvalue weighted by Gasteiger charge is -2.20. The first-order valence-electron chi connectivity index (χ1n) is 44.0. The van der Waals surface area contributed by atoms with Crippen LogP contribution in [0.15, 0.2) is 164 Å². The van der Waals surface area contributed by atoms with Crippen molar-refractivity contribution in [2.75, 3.05) is 24.0 Å². The lowest BCUT2D eigenvalue weighted by Crippen LogP contribution is -3.00. The molecule has 0 aliphatic carbocycles. The molecule has 0 spiro atoms. The number of aryl methyl sites for hydroxylation is 3. The molecule has 0 radical (unpaired) electrons. The number of para-hydroxylation sites is 6. The summed E-state index contributed by atoms with van der Waals surface area (Å²) in [6.07, 6.45) is 49.6. The van der Waals surface area contributed by atoms with E-state index in [2.05, 4.69) is 386 Å². The lowest BCUT2D eigenvalue weighted by atomic mass is 10.1. The van der Waals surface area contributed by atoms with Gasteiger partial charge < -0.3 is 60.3 Å². The first kappa shape index (κ1) is 114. The van der Waals surface area contributed by atoms with E-state index in [0.717, 1.165) is 48.0 Å². The van der Waals surface area contributed by atoms with Crippen LogP contribution in [0.3, 0.4) is 0 Å². The number of rotatable bonds is 29. The van der Waals surface area contributed by atoms with E-state index in [0.29, 0.717) is 0 Å². The summed E-state index contributed by atoms with van der Waals surface area (Å²) in [5, 5.41) is 4.51. The predicted octanol–water partition coefficient (Wildman–Crippen LogP) is 29.8. The van der Waals surface area contributed by atoms with Crippen LogP contribution >= 0.6 is 92.0 Å². The highest BCUT2D eigenvalue weighted by Gasteiger charge is 2.28. The molecule has 1 aliphatic rings. The first-order valence-corrected chi connectivity index (χ1v) is 51.3. The number of hydrogen-bond acceptors (Lipinski definition) is 11. The Balaban J connectivity index is -0.0000000365. The van der Waals surface area contributed by atoms with Crippen molar-refractivity contribution >= 4 is 155 Å². The van der Waals surface area contributed by atoms with Gasteiger partial charge in [-0.15, -0.1) is 35.5 Å². The van der Waals surface area contributed by atoms with Gasteiger partial charge in [-0.25, -0.2) is 9.97 Å². The number of thiazole rings is 5. The largest absolute Gasteiger partial charge is 1.00 e. The maximum Gasteiger partial charge on any atom is 0.298 e. The summed E-state index contributed by atoms with van der Waals surface area (Å²) in [7, 11) is 0. The summed E-state index contributed by atoms with van der Waals surface area (Å²) < 4.78 is 15.4. The van der Waals surface area contributed by atoms with Gasteiger partial charge in [-0.1, -0.05) is 288 Å². The summed E-state index contributed by atoms with van der Waals surface area (Å²) >= 11 is 14.3. The van der Waals surface area contributed by atoms with Crippen LogP contribution < -0.4 is 66.6 Å². The quantitative estimate of drug-likeness (QED) is 0.0116. The molecule has 0 saturated carbocycles. The molecule has 5 aromatic heterocycles. The molecule has 0 N–H and O–H groups in total. The van der Waals surface area contributed by atoms with Crippen LogP contribution in [0.25, 0.3) is 57.2 Å². The van der Waals surface area contributed by atoms with Crippen molar-refractivity contribution in [2.24, 2.45) is 0 Å². The summed E-state index contributed by atoms with van der Waals surface area (Å²) in [5.74, 6) is 102. The maximum atomic E-state index is 4.99. The Hall–Kier alpha value is -12.9. The number of benzene rings is 6. The SMILES string of the molecule is C#CC#CC#CC#CC#CC#CC#CC#CC#CC#CC#C[n+]1c(/C=C2\Sc3ccccc3N2CCCCCCCCCCCCCC)sc2ccccc21.C#CC#CC#CC#CC#CC#CC#CC#CC#CC#CC#C[n+]1c(C)sc2ccccc21.CCCCCCCCCCCCCC[n+]1c(SC)sc2ccccc21.CSc1nc2ccccc2s1.Cc1nc2ccccc2s1.[CH3-].[HH].[HH].[HH].[HH].[HH].[HH].[HH].[HH].[HH].[HH].[HH].[HH].[HH].[HH].[HH].[HH].[HH].[HH].[HH].[HH].[HH].[HH].[HH].[HH].[HH].[HH].[HH].[HH].[HH].[HH].[HH].[HH].[HH].[HH].[HH].[HH].[HH].[HH].[HH].[HH].[HH].[HH].[HH].[HH].[I-].[I-]. The zero-order valence-electron chi connectivity index (χ0n) is 77.7. The Kier molecular flexibility index (Phi) is 61.4. The van der Waals surface area contributed by atoms with E-state index < -0.39 is 0 Å². The highest BCUT2D eigenvalue weighted by Crippen LogP contribution is 2.47. The summed E-state index contributed by atoms with van der Waals surface area (Å²) in [6.45, 7) is 10.8. The number of aromatic nitrogens is 5. The van der Waals surface area contributed by atoms with Gasteiger partial charge >= 0.3 is 0 Å². The fraction of sp³-hybridized carbons (Fsp3) is 0.267. The molecule has 0 amide bonds. The lowest BCUT2D eigenvalue weighted by molar-refractivity contribution is -0.702. The van der Waals surface area contributed by atoms with Crippen molar-refractivity contribution in [1.82, 2.24) is 9.97 Å². The van der Waals surface area contributed by atoms with Gasteiger partial charge in [0.25, 0.3) is 14.4 Å². The molecular weight excluding hydrogens is 2040 g/mol. The highest BCUT2D eigenvalue weighted by molar-refractivity contribution is 8.04. The fourth-order valence-electron chi connectivity index (χ4n) is 12.8. The van der Waals surface area contributed by atoms with Crippen LogP contribution in [-0.2, 0) is 6.54 Å². The molecule has 12 rings (SSSR count). The average molecular weight is 2230 g/mol. The normalized spacial score (nSPS) is 9.41. The van der Waals surface area contributed by atoms with Crippen molar-refractivity contribution < 1.29 is 124 Å². The Morgan fingerprint density at radius 3 is 1.10 bits per heavy atom. The minimum Gasteiger partial charge on any atom is -1.00 e. The molecule has 11 aromatic rings.